The van der Waals surface area contributed by atoms with Gasteiger partial charge in [0.1, 0.15) is 12.4 Å². The molecule has 0 N–H and O–H groups in total. The Labute approximate surface area is 125 Å². The van der Waals surface area contributed by atoms with Crippen molar-refractivity contribution in [2.24, 2.45) is 0 Å². The minimum absolute atomic E-state index is 0. The van der Waals surface area contributed by atoms with Crippen LogP contribution in [0.4, 0.5) is 0 Å². The van der Waals surface area contributed by atoms with Crippen LogP contribution in [0.3, 0.4) is 0 Å². The van der Waals surface area contributed by atoms with Crippen LogP contribution in [0.1, 0.15) is 5.56 Å². The van der Waals surface area contributed by atoms with Crippen LogP contribution in [-0.2, 0) is 49.5 Å². The average Bonchev–Trinajstić information content (AvgIpc) is 2.05. The summed E-state index contributed by atoms with van der Waals surface area (Å²) < 4.78 is 5.34. The number of ether oxygens (including phenoxy) is 1. The molecule has 0 aromatic heterocycles. The van der Waals surface area contributed by atoms with E-state index in [-0.39, 0.29) is 66.8 Å². The van der Waals surface area contributed by atoms with E-state index in [1.807, 2.05) is 30.3 Å². The maximum atomic E-state index is 5.34. The van der Waals surface area contributed by atoms with Crippen LogP contribution in [0, 0.1) is 0 Å². The van der Waals surface area contributed by atoms with Crippen molar-refractivity contribution in [2.45, 2.75) is 0 Å². The first-order chi connectivity index (χ1) is 4.97. The minimum Gasteiger partial charge on any atom is -0.489 e. The van der Waals surface area contributed by atoms with Crippen LogP contribution in [0.5, 0.6) is 5.75 Å². The van der Waals surface area contributed by atoms with E-state index in [9.17, 15) is 0 Å². The predicted molar refractivity (Wildman–Crippen MR) is 46.7 cm³/mol. The molecule has 0 fully saturated rings. The molecule has 0 bridgehead atoms. The summed E-state index contributed by atoms with van der Waals surface area (Å²) in [7, 11) is 0. The molecule has 0 aliphatic carbocycles. The van der Waals surface area contributed by atoms with Crippen molar-refractivity contribution in [1.82, 2.24) is 0 Å². The fourth-order valence-corrected chi connectivity index (χ4v) is 1.06. The number of hydrogen-bond donors (Lipinski definition) is 0. The van der Waals surface area contributed by atoms with Crippen molar-refractivity contribution in [2.75, 3.05) is 6.61 Å². The Bertz CT molecular complexity index is 278. The molecule has 0 spiro atoms. The molecule has 1 nitrogen and oxygen atoms in total. The predicted octanol–water partition coefficient (Wildman–Crippen LogP) is 1.71. The van der Waals surface area contributed by atoms with Crippen LogP contribution in [0.2, 0.25) is 0 Å². The van der Waals surface area contributed by atoms with Gasteiger partial charge in [0, 0.05) is 72.4 Å². The Hall–Kier alpha value is 0.903. The van der Waals surface area contributed by atoms with Gasteiger partial charge in [0.2, 0.25) is 0 Å². The maximum absolute atomic E-state index is 5.34. The molecule has 1 heterocycles. The third kappa shape index (κ3) is 4.29. The molecular formula is C9H8AlCoOY. The summed E-state index contributed by atoms with van der Waals surface area (Å²) in [5, 5.41) is 0. The van der Waals surface area contributed by atoms with Gasteiger partial charge in [-0.1, -0.05) is 24.3 Å². The zero-order valence-electron chi connectivity index (χ0n) is 7.07. The summed E-state index contributed by atoms with van der Waals surface area (Å²) in [5.41, 5.74) is 1.17. The van der Waals surface area contributed by atoms with E-state index in [1.165, 1.54) is 5.56 Å². The van der Waals surface area contributed by atoms with Crippen molar-refractivity contribution in [3.63, 3.8) is 0 Å². The summed E-state index contributed by atoms with van der Waals surface area (Å²) >= 11 is 0. The SMILES string of the molecule is C1=Cc2ccccc2OC1.[Al].[Co].[Y]. The first kappa shape index (κ1) is 16.3. The number of benzene rings is 1. The van der Waals surface area contributed by atoms with E-state index in [0.29, 0.717) is 6.61 Å². The third-order valence-electron chi connectivity index (χ3n) is 1.55. The fraction of sp³-hybridized carbons (Fsp3) is 0.111. The van der Waals surface area contributed by atoms with E-state index in [1.54, 1.807) is 0 Å². The monoisotopic (exact) mass is 307 g/mol. The van der Waals surface area contributed by atoms with E-state index >= 15 is 0 Å². The van der Waals surface area contributed by atoms with Gasteiger partial charge >= 0.3 is 0 Å². The Morgan fingerprint density at radius 3 is 2.54 bits per heavy atom. The summed E-state index contributed by atoms with van der Waals surface area (Å²) in [6.07, 6.45) is 4.10. The van der Waals surface area contributed by atoms with Crippen molar-refractivity contribution in [3.8, 4) is 5.75 Å². The Kier molecular flexibility index (Phi) is 10.3. The topological polar surface area (TPSA) is 9.23 Å². The largest absolute Gasteiger partial charge is 0.489 e. The Balaban J connectivity index is 0. The second kappa shape index (κ2) is 8.23. The first-order valence-corrected chi connectivity index (χ1v) is 3.35. The number of rotatable bonds is 0. The summed E-state index contributed by atoms with van der Waals surface area (Å²) in [6.45, 7) is 0.705. The molecule has 0 atom stereocenters. The van der Waals surface area contributed by atoms with Gasteiger partial charge in [-0.3, -0.25) is 0 Å². The van der Waals surface area contributed by atoms with Gasteiger partial charge in [0.05, 0.1) is 0 Å². The summed E-state index contributed by atoms with van der Waals surface area (Å²) in [4.78, 5) is 0. The molecule has 0 unspecified atom stereocenters. The van der Waals surface area contributed by atoms with Gasteiger partial charge < -0.3 is 4.74 Å². The van der Waals surface area contributed by atoms with Crippen molar-refractivity contribution in [1.29, 1.82) is 0 Å². The molecule has 4 heteroatoms. The Morgan fingerprint density at radius 2 is 1.85 bits per heavy atom. The second-order valence-corrected chi connectivity index (χ2v) is 2.25. The normalized spacial score (nSPS) is 10.8. The summed E-state index contributed by atoms with van der Waals surface area (Å²) in [5.74, 6) is 0.991. The van der Waals surface area contributed by atoms with Crippen molar-refractivity contribution >= 4 is 23.4 Å². The quantitative estimate of drug-likeness (QED) is 0.663. The van der Waals surface area contributed by atoms with Gasteiger partial charge in [-0.05, 0) is 12.1 Å². The molecule has 1 aliphatic rings. The molecule has 0 amide bonds. The number of hydrogen-bond acceptors (Lipinski definition) is 1. The molecular weight excluding hydrogens is 299 g/mol. The van der Waals surface area contributed by atoms with Crippen LogP contribution in [0.25, 0.3) is 6.08 Å². The zero-order valence-corrected chi connectivity index (χ0v) is 12.1. The van der Waals surface area contributed by atoms with Crippen LogP contribution >= 0.6 is 0 Å². The van der Waals surface area contributed by atoms with Gasteiger partial charge in [-0.2, -0.15) is 0 Å². The van der Waals surface area contributed by atoms with Crippen LogP contribution in [-0.4, -0.2) is 24.0 Å². The van der Waals surface area contributed by atoms with Crippen LogP contribution in [0.15, 0.2) is 30.3 Å². The van der Waals surface area contributed by atoms with Gasteiger partial charge in [-0.15, -0.1) is 0 Å². The molecule has 0 saturated heterocycles. The molecule has 2 rings (SSSR count). The molecule has 5 radical (unpaired) electrons. The van der Waals surface area contributed by atoms with E-state index < -0.39 is 0 Å². The molecule has 13 heavy (non-hydrogen) atoms. The van der Waals surface area contributed by atoms with Crippen molar-refractivity contribution < 1.29 is 54.2 Å². The van der Waals surface area contributed by atoms with E-state index in [4.69, 9.17) is 4.74 Å². The third-order valence-corrected chi connectivity index (χ3v) is 1.55. The smallest absolute Gasteiger partial charge is 0.126 e. The Morgan fingerprint density at radius 1 is 1.15 bits per heavy atom. The van der Waals surface area contributed by atoms with Crippen molar-refractivity contribution in [3.05, 3.63) is 35.9 Å². The fourth-order valence-electron chi connectivity index (χ4n) is 1.06. The van der Waals surface area contributed by atoms with Gasteiger partial charge in [0.25, 0.3) is 0 Å². The molecule has 1 aromatic rings. The molecule has 65 valence electrons. The number of para-hydroxylation sites is 1. The first-order valence-electron chi connectivity index (χ1n) is 3.35. The van der Waals surface area contributed by atoms with E-state index in [2.05, 4.69) is 6.08 Å². The van der Waals surface area contributed by atoms with Gasteiger partial charge in [-0.25, -0.2) is 0 Å². The summed E-state index contributed by atoms with van der Waals surface area (Å²) in [6, 6.07) is 8.03. The average molecular weight is 307 g/mol. The van der Waals surface area contributed by atoms with Crippen LogP contribution < -0.4 is 4.74 Å². The molecule has 1 aromatic carbocycles. The van der Waals surface area contributed by atoms with E-state index in [0.717, 1.165) is 5.75 Å². The minimum atomic E-state index is 0. The molecule has 0 saturated carbocycles. The maximum Gasteiger partial charge on any atom is 0.126 e. The second-order valence-electron chi connectivity index (χ2n) is 2.25. The molecule has 1 aliphatic heterocycles. The van der Waals surface area contributed by atoms with Gasteiger partial charge in [0.15, 0.2) is 0 Å². The zero-order chi connectivity index (χ0) is 6.81. The standard InChI is InChI=1S/C9H8O.Al.Co.Y/c1-2-6-9-8(4-1)5-3-7-10-9;;;/h1-6H,7H2;;;. The number of fused-ring (bicyclic) bond motifs is 1.